The van der Waals surface area contributed by atoms with E-state index in [2.05, 4.69) is 103 Å². The smallest absolute Gasteiger partial charge is 0.0491 e. The molecule has 0 saturated heterocycles. The lowest BCUT2D eigenvalue weighted by atomic mass is 9.89. The highest BCUT2D eigenvalue weighted by Crippen LogP contribution is 2.48. The Morgan fingerprint density at radius 1 is 0.593 bits per heavy atom. The first-order chi connectivity index (χ1) is 13.3. The Kier molecular flexibility index (Phi) is 2.93. The maximum atomic E-state index is 2.39. The second-order valence-corrected chi connectivity index (χ2v) is 7.46. The number of fused-ring (bicyclic) bond motifs is 6. The van der Waals surface area contributed by atoms with Crippen LogP contribution in [0.15, 0.2) is 91.0 Å². The molecule has 6 rings (SSSR count). The van der Waals surface area contributed by atoms with Gasteiger partial charge in [0, 0.05) is 34.8 Å². The van der Waals surface area contributed by atoms with Crippen LogP contribution in [0.3, 0.4) is 0 Å². The molecule has 1 nitrogen and oxygen atoms in total. The Morgan fingerprint density at radius 3 is 1.93 bits per heavy atom. The van der Waals surface area contributed by atoms with Crippen LogP contribution in [0, 0.1) is 0 Å². The zero-order valence-electron chi connectivity index (χ0n) is 15.2. The van der Waals surface area contributed by atoms with Crippen LogP contribution in [0.25, 0.3) is 32.9 Å². The summed E-state index contributed by atoms with van der Waals surface area (Å²) in [7, 11) is 2.17. The molecule has 1 aromatic heterocycles. The lowest BCUT2D eigenvalue weighted by molar-refractivity contribution is 0.992. The maximum absolute atomic E-state index is 2.39. The van der Waals surface area contributed by atoms with Gasteiger partial charge in [0.25, 0.3) is 0 Å². The highest BCUT2D eigenvalue weighted by Gasteiger charge is 2.29. The van der Waals surface area contributed by atoms with E-state index in [1.54, 1.807) is 0 Å². The van der Waals surface area contributed by atoms with Crippen LogP contribution in [0.5, 0.6) is 0 Å². The first-order valence-electron chi connectivity index (χ1n) is 9.48. The average molecular weight is 345 g/mol. The molecule has 4 aromatic carbocycles. The molecule has 0 amide bonds. The fourth-order valence-electron chi connectivity index (χ4n) is 4.87. The molecular weight excluding hydrogens is 326 g/mol. The van der Waals surface area contributed by atoms with E-state index < -0.39 is 0 Å². The number of rotatable bonds is 1. The zero-order chi connectivity index (χ0) is 18.0. The summed E-state index contributed by atoms with van der Waals surface area (Å²) in [5.41, 5.74) is 9.53. The molecule has 1 heterocycles. The third kappa shape index (κ3) is 1.94. The fraction of sp³-hybridized carbons (Fsp3) is 0.0769. The minimum atomic E-state index is 0.305. The molecule has 0 radical (unpaired) electrons. The van der Waals surface area contributed by atoms with Gasteiger partial charge in [-0.25, -0.2) is 0 Å². The number of aromatic nitrogens is 1. The predicted molar refractivity (Wildman–Crippen MR) is 113 cm³/mol. The minimum absolute atomic E-state index is 0.305. The highest BCUT2D eigenvalue weighted by molar-refractivity contribution is 6.08. The van der Waals surface area contributed by atoms with Crippen molar-refractivity contribution in [2.45, 2.75) is 5.92 Å². The van der Waals surface area contributed by atoms with Crippen LogP contribution in [0.4, 0.5) is 0 Å². The van der Waals surface area contributed by atoms with Gasteiger partial charge in [0.2, 0.25) is 0 Å². The van der Waals surface area contributed by atoms with Crippen molar-refractivity contribution in [3.8, 4) is 11.1 Å². The molecule has 1 aliphatic carbocycles. The van der Waals surface area contributed by atoms with Gasteiger partial charge in [0.15, 0.2) is 0 Å². The van der Waals surface area contributed by atoms with Gasteiger partial charge in [-0.05, 0) is 39.9 Å². The monoisotopic (exact) mass is 345 g/mol. The summed E-state index contributed by atoms with van der Waals surface area (Å²) in [6, 6.07) is 33.4. The highest BCUT2D eigenvalue weighted by atomic mass is 14.9. The predicted octanol–water partition coefficient (Wildman–Crippen LogP) is 6.49. The van der Waals surface area contributed by atoms with Gasteiger partial charge in [-0.1, -0.05) is 78.9 Å². The van der Waals surface area contributed by atoms with Crippen molar-refractivity contribution in [2.75, 3.05) is 0 Å². The van der Waals surface area contributed by atoms with E-state index in [-0.39, 0.29) is 0 Å². The second kappa shape index (κ2) is 5.34. The van der Waals surface area contributed by atoms with Gasteiger partial charge >= 0.3 is 0 Å². The van der Waals surface area contributed by atoms with Gasteiger partial charge in [-0.2, -0.15) is 0 Å². The Labute approximate surface area is 158 Å². The number of nitrogens with zero attached hydrogens (tertiary/aromatic N) is 1. The summed E-state index contributed by atoms with van der Waals surface area (Å²) >= 11 is 0. The Morgan fingerprint density at radius 2 is 1.19 bits per heavy atom. The van der Waals surface area contributed by atoms with Crippen LogP contribution in [-0.4, -0.2) is 4.57 Å². The largest absolute Gasteiger partial charge is 0.344 e. The summed E-state index contributed by atoms with van der Waals surface area (Å²) in [6.45, 7) is 0. The molecule has 0 bridgehead atoms. The van der Waals surface area contributed by atoms with Gasteiger partial charge in [-0.15, -0.1) is 0 Å². The third-order valence-corrected chi connectivity index (χ3v) is 6.11. The molecule has 0 N–H and O–H groups in total. The van der Waals surface area contributed by atoms with Crippen LogP contribution >= 0.6 is 0 Å². The first-order valence-corrected chi connectivity index (χ1v) is 9.48. The number of hydrogen-bond donors (Lipinski definition) is 0. The molecule has 1 heteroatoms. The quantitative estimate of drug-likeness (QED) is 0.321. The molecule has 0 saturated carbocycles. The molecule has 0 atom stereocenters. The van der Waals surface area contributed by atoms with Gasteiger partial charge in [0.05, 0.1) is 0 Å². The van der Waals surface area contributed by atoms with E-state index in [0.717, 1.165) is 0 Å². The summed E-state index contributed by atoms with van der Waals surface area (Å²) in [5.74, 6) is 0.305. The van der Waals surface area contributed by atoms with E-state index in [0.29, 0.717) is 5.92 Å². The Balaban J connectivity index is 1.64. The van der Waals surface area contributed by atoms with E-state index >= 15 is 0 Å². The second-order valence-electron chi connectivity index (χ2n) is 7.46. The molecule has 27 heavy (non-hydrogen) atoms. The van der Waals surface area contributed by atoms with Crippen LogP contribution < -0.4 is 0 Å². The Hall–Kier alpha value is -3.32. The third-order valence-electron chi connectivity index (χ3n) is 6.11. The average Bonchev–Trinajstić information content (AvgIpc) is 3.21. The van der Waals surface area contributed by atoms with Crippen LogP contribution in [0.2, 0.25) is 0 Å². The van der Waals surface area contributed by atoms with E-state index in [1.807, 2.05) is 0 Å². The van der Waals surface area contributed by atoms with Crippen LogP contribution in [0.1, 0.15) is 22.6 Å². The lowest BCUT2D eigenvalue weighted by Gasteiger charge is -2.15. The normalized spacial score (nSPS) is 13.2. The number of hydrogen-bond acceptors (Lipinski definition) is 0. The maximum Gasteiger partial charge on any atom is 0.0491 e. The van der Waals surface area contributed by atoms with Crippen LogP contribution in [-0.2, 0) is 7.05 Å². The van der Waals surface area contributed by atoms with E-state index in [4.69, 9.17) is 0 Å². The van der Waals surface area contributed by atoms with Gasteiger partial charge in [0.1, 0.15) is 0 Å². The first kappa shape index (κ1) is 14.8. The molecular formula is C26H19N. The summed E-state index contributed by atoms with van der Waals surface area (Å²) in [5, 5.41) is 2.66. The lowest BCUT2D eigenvalue weighted by Crippen LogP contribution is -1.99. The molecule has 128 valence electrons. The van der Waals surface area contributed by atoms with Crippen molar-refractivity contribution >= 4 is 21.8 Å². The number of para-hydroxylation sites is 1. The van der Waals surface area contributed by atoms with Crippen molar-refractivity contribution in [3.63, 3.8) is 0 Å². The van der Waals surface area contributed by atoms with E-state index in [1.165, 1.54) is 49.6 Å². The van der Waals surface area contributed by atoms with Crippen molar-refractivity contribution < 1.29 is 0 Å². The SMILES string of the molecule is Cn1c2ccccc2c2ccc(C3c4ccccc4-c4ccccc43)cc21. The van der Waals surface area contributed by atoms with Crippen molar-refractivity contribution in [3.05, 3.63) is 108 Å². The summed E-state index contributed by atoms with van der Waals surface area (Å²) in [4.78, 5) is 0. The number of benzene rings is 4. The molecule has 0 spiro atoms. The van der Waals surface area contributed by atoms with Crippen molar-refractivity contribution in [1.82, 2.24) is 4.57 Å². The van der Waals surface area contributed by atoms with E-state index in [9.17, 15) is 0 Å². The van der Waals surface area contributed by atoms with Gasteiger partial charge < -0.3 is 4.57 Å². The molecule has 0 fully saturated rings. The molecule has 0 unspecified atom stereocenters. The topological polar surface area (TPSA) is 4.93 Å². The summed E-state index contributed by atoms with van der Waals surface area (Å²) < 4.78 is 2.32. The van der Waals surface area contributed by atoms with Crippen molar-refractivity contribution in [2.24, 2.45) is 7.05 Å². The van der Waals surface area contributed by atoms with Gasteiger partial charge in [-0.3, -0.25) is 0 Å². The zero-order valence-corrected chi connectivity index (χ0v) is 15.2. The molecule has 1 aliphatic rings. The summed E-state index contributed by atoms with van der Waals surface area (Å²) in [6.07, 6.45) is 0. The minimum Gasteiger partial charge on any atom is -0.344 e. The molecule has 0 aliphatic heterocycles. The standard InChI is InChI=1S/C26H19N/c1-27-24-13-7-6-10-20(24)21-15-14-17(16-25(21)27)26-22-11-4-2-8-18(22)19-9-3-5-12-23(19)26/h2-16,26H,1H3. The molecule has 5 aromatic rings. The fourth-order valence-corrected chi connectivity index (χ4v) is 4.87. The number of aryl methyl sites for hydroxylation is 1. The Bertz CT molecular complexity index is 1290. The van der Waals surface area contributed by atoms with Crippen molar-refractivity contribution in [1.29, 1.82) is 0 Å².